The van der Waals surface area contributed by atoms with E-state index in [0.717, 1.165) is 0 Å². The molecule has 10 unspecified atom stereocenters. The van der Waals surface area contributed by atoms with Crippen LogP contribution in [0.5, 0.6) is 0 Å². The third kappa shape index (κ3) is 3.11. The number of carbonyl (C=O) groups excluding carboxylic acids is 1. The van der Waals surface area contributed by atoms with Crippen molar-refractivity contribution in [3.8, 4) is 0 Å². The second kappa shape index (κ2) is 8.07. The normalized spacial score (nSPS) is 47.6. The summed E-state index contributed by atoms with van der Waals surface area (Å²) in [6, 6.07) is 8.19. The fourth-order valence-electron chi connectivity index (χ4n) is 7.49. The highest BCUT2D eigenvalue weighted by Gasteiger charge is 2.75. The summed E-state index contributed by atoms with van der Waals surface area (Å²) in [5.41, 5.74) is -5.70. The van der Waals surface area contributed by atoms with E-state index >= 15 is 0 Å². The highest BCUT2D eigenvalue weighted by atomic mass is 16.6. The lowest BCUT2D eigenvalue weighted by atomic mass is 9.44. The van der Waals surface area contributed by atoms with Gasteiger partial charge in [0.2, 0.25) is 0 Å². The molecule has 36 heavy (non-hydrogen) atoms. The van der Waals surface area contributed by atoms with Crippen molar-refractivity contribution < 1.29 is 44.9 Å². The van der Waals surface area contributed by atoms with Crippen LogP contribution in [-0.4, -0.2) is 91.0 Å². The minimum Gasteiger partial charge on any atom is -0.455 e. The van der Waals surface area contributed by atoms with Crippen molar-refractivity contribution in [3.05, 3.63) is 47.0 Å². The molecule has 6 N–H and O–H groups in total. The predicted molar refractivity (Wildman–Crippen MR) is 127 cm³/mol. The molecule has 0 radical (unpaired) electrons. The Labute approximate surface area is 210 Å². The van der Waals surface area contributed by atoms with Gasteiger partial charge in [-0.15, -0.1) is 0 Å². The molecule has 3 fully saturated rings. The van der Waals surface area contributed by atoms with Gasteiger partial charge in [0.1, 0.15) is 23.4 Å². The molecule has 5 rings (SSSR count). The number of rotatable bonds is 2. The Kier molecular flexibility index (Phi) is 5.78. The number of benzene rings is 1. The minimum absolute atomic E-state index is 0.00485. The van der Waals surface area contributed by atoms with Gasteiger partial charge in [0, 0.05) is 29.6 Å². The van der Waals surface area contributed by atoms with Crippen molar-refractivity contribution >= 4 is 5.97 Å². The maximum absolute atomic E-state index is 13.4. The minimum atomic E-state index is -1.98. The maximum Gasteiger partial charge on any atom is 0.338 e. The zero-order valence-corrected chi connectivity index (χ0v) is 21.0. The number of hydrogen-bond acceptors (Lipinski definition) is 9. The van der Waals surface area contributed by atoms with E-state index in [0.29, 0.717) is 5.57 Å². The highest BCUT2D eigenvalue weighted by Crippen LogP contribution is 2.63. The number of fused-ring (bicyclic) bond motifs is 5. The Hall–Kier alpha value is -1.85. The van der Waals surface area contributed by atoms with E-state index in [2.05, 4.69) is 0 Å². The van der Waals surface area contributed by atoms with Crippen molar-refractivity contribution in [1.29, 1.82) is 0 Å². The predicted octanol–water partition coefficient (Wildman–Crippen LogP) is 0.303. The fourth-order valence-corrected chi connectivity index (χ4v) is 7.49. The summed E-state index contributed by atoms with van der Waals surface area (Å²) in [6.07, 6.45) is -8.16. The van der Waals surface area contributed by atoms with Gasteiger partial charge in [-0.2, -0.15) is 0 Å². The summed E-state index contributed by atoms with van der Waals surface area (Å²) in [7, 11) is 0. The van der Waals surface area contributed by atoms with Crippen LogP contribution in [0.15, 0.2) is 41.5 Å². The van der Waals surface area contributed by atoms with Gasteiger partial charge in [-0.3, -0.25) is 0 Å². The topological polar surface area (TPSA) is 157 Å². The molecule has 1 heterocycles. The second-order valence-corrected chi connectivity index (χ2v) is 11.8. The molecule has 3 aliphatic carbocycles. The smallest absolute Gasteiger partial charge is 0.338 e. The summed E-state index contributed by atoms with van der Waals surface area (Å²) in [5.74, 6) is -1.99. The Morgan fingerprint density at radius 2 is 1.69 bits per heavy atom. The van der Waals surface area contributed by atoms with Gasteiger partial charge >= 0.3 is 5.97 Å². The van der Waals surface area contributed by atoms with Gasteiger partial charge in [0.05, 0.1) is 36.6 Å². The third-order valence-corrected chi connectivity index (χ3v) is 9.87. The second-order valence-electron chi connectivity index (χ2n) is 11.8. The molecule has 0 spiro atoms. The summed E-state index contributed by atoms with van der Waals surface area (Å²) in [5, 5.41) is 69.8. The number of esters is 1. The van der Waals surface area contributed by atoms with Crippen LogP contribution in [0.25, 0.3) is 0 Å². The number of carbonyl (C=O) groups is 1. The van der Waals surface area contributed by atoms with Gasteiger partial charge in [-0.05, 0) is 30.2 Å². The molecule has 2 saturated carbocycles. The lowest BCUT2D eigenvalue weighted by Gasteiger charge is -2.68. The molecule has 4 aliphatic rings. The Morgan fingerprint density at radius 1 is 1.06 bits per heavy atom. The van der Waals surface area contributed by atoms with Crippen LogP contribution in [0.2, 0.25) is 0 Å². The van der Waals surface area contributed by atoms with Crippen LogP contribution in [0.3, 0.4) is 0 Å². The Bertz CT molecular complexity index is 1090. The molecule has 9 heteroatoms. The van der Waals surface area contributed by atoms with Crippen molar-refractivity contribution in [2.75, 3.05) is 6.61 Å². The molecular formula is C27H36O9. The van der Waals surface area contributed by atoms with Crippen LogP contribution in [0.4, 0.5) is 0 Å². The van der Waals surface area contributed by atoms with E-state index in [4.69, 9.17) is 9.47 Å². The van der Waals surface area contributed by atoms with Crippen LogP contribution < -0.4 is 0 Å². The van der Waals surface area contributed by atoms with Gasteiger partial charge < -0.3 is 40.1 Å². The Balaban J connectivity index is 1.77. The number of aliphatic hydroxyl groups excluding tert-OH is 4. The molecule has 10 atom stereocenters. The van der Waals surface area contributed by atoms with E-state index in [-0.39, 0.29) is 30.6 Å². The van der Waals surface area contributed by atoms with Crippen molar-refractivity contribution in [1.82, 2.24) is 0 Å². The zero-order valence-electron chi connectivity index (χ0n) is 21.0. The summed E-state index contributed by atoms with van der Waals surface area (Å²) in [6.45, 7) is 6.34. The fraction of sp³-hybridized carbons (Fsp3) is 0.667. The van der Waals surface area contributed by atoms with E-state index in [9.17, 15) is 35.4 Å². The SMILES string of the molecule is CC1=C2C(O)C(O)C3(C)C(O)CC4OCC4(O)C3C(OC(=O)c3ccccc3)C(O)(CC1O)C2(C)C. The first-order valence-electron chi connectivity index (χ1n) is 12.5. The van der Waals surface area contributed by atoms with Crippen molar-refractivity contribution in [2.45, 2.75) is 88.4 Å². The largest absolute Gasteiger partial charge is 0.455 e. The average molecular weight is 505 g/mol. The van der Waals surface area contributed by atoms with Gasteiger partial charge in [-0.1, -0.05) is 39.0 Å². The van der Waals surface area contributed by atoms with Crippen LogP contribution in [0, 0.1) is 16.7 Å². The summed E-state index contributed by atoms with van der Waals surface area (Å²) >= 11 is 0. The zero-order chi connectivity index (χ0) is 26.4. The van der Waals surface area contributed by atoms with Crippen molar-refractivity contribution in [3.63, 3.8) is 0 Å². The van der Waals surface area contributed by atoms with Gasteiger partial charge in [0.25, 0.3) is 0 Å². The number of ether oxygens (including phenoxy) is 2. The first-order chi connectivity index (χ1) is 16.7. The van der Waals surface area contributed by atoms with Gasteiger partial charge in [-0.25, -0.2) is 4.79 Å². The standard InChI is InChI=1S/C27H36O9/c1-13-15(28)11-27(34)22(36-23(32)14-8-6-5-7-9-14)20-25(4,16(29)10-17-26(20,33)12-35-17)21(31)19(30)18(13)24(27,2)3/h5-9,15-17,19-22,28-31,33-34H,10-12H2,1-4H3. The van der Waals surface area contributed by atoms with Crippen LogP contribution in [0.1, 0.15) is 50.9 Å². The number of hydrogen-bond donors (Lipinski definition) is 6. The molecular weight excluding hydrogens is 468 g/mol. The van der Waals surface area contributed by atoms with Crippen molar-refractivity contribution in [2.24, 2.45) is 16.7 Å². The number of aliphatic hydroxyl groups is 6. The van der Waals surface area contributed by atoms with E-state index < -0.39 is 70.5 Å². The lowest BCUT2D eigenvalue weighted by Crippen LogP contribution is -2.81. The maximum atomic E-state index is 13.4. The first kappa shape index (κ1) is 25.8. The molecule has 9 nitrogen and oxygen atoms in total. The van der Waals surface area contributed by atoms with Crippen LogP contribution in [-0.2, 0) is 9.47 Å². The van der Waals surface area contributed by atoms with Crippen LogP contribution >= 0.6 is 0 Å². The van der Waals surface area contributed by atoms with E-state index in [1.54, 1.807) is 51.1 Å². The van der Waals surface area contributed by atoms with E-state index in [1.807, 2.05) is 0 Å². The summed E-state index contributed by atoms with van der Waals surface area (Å²) in [4.78, 5) is 13.4. The molecule has 198 valence electrons. The molecule has 1 saturated heterocycles. The molecule has 1 aromatic carbocycles. The van der Waals surface area contributed by atoms with Gasteiger partial charge in [0.15, 0.2) is 0 Å². The lowest BCUT2D eigenvalue weighted by molar-refractivity contribution is -0.363. The molecule has 0 aromatic heterocycles. The summed E-state index contributed by atoms with van der Waals surface area (Å²) < 4.78 is 11.6. The monoisotopic (exact) mass is 504 g/mol. The molecule has 2 bridgehead atoms. The Morgan fingerprint density at radius 3 is 2.28 bits per heavy atom. The van der Waals surface area contributed by atoms with E-state index in [1.165, 1.54) is 6.92 Å². The average Bonchev–Trinajstić information content (AvgIpc) is 2.83. The molecule has 1 aliphatic heterocycles. The highest BCUT2D eigenvalue weighted by molar-refractivity contribution is 5.89. The first-order valence-corrected chi connectivity index (χ1v) is 12.5. The molecule has 1 aromatic rings. The molecule has 0 amide bonds. The third-order valence-electron chi connectivity index (χ3n) is 9.87. The quantitative estimate of drug-likeness (QED) is 0.246.